The zero-order chi connectivity index (χ0) is 16.8. The zero-order valence-electron chi connectivity index (χ0n) is 13.3. The highest BCUT2D eigenvalue weighted by Gasteiger charge is 2.15. The topological polar surface area (TPSA) is 63.2 Å². The van der Waals surface area contributed by atoms with Crippen molar-refractivity contribution < 1.29 is 9.53 Å². The van der Waals surface area contributed by atoms with E-state index in [-0.39, 0.29) is 5.91 Å². The monoisotopic (exact) mass is 345 g/mol. The lowest BCUT2D eigenvalue weighted by molar-refractivity contribution is -0.116. The molecule has 6 heteroatoms. The average molecular weight is 346 g/mol. The van der Waals surface area contributed by atoms with Crippen LogP contribution < -0.4 is 15.4 Å². The van der Waals surface area contributed by atoms with Crippen LogP contribution in [0.5, 0.6) is 11.6 Å². The fraction of sp³-hybridized carbons (Fsp3) is 0.333. The number of benzene rings is 1. The summed E-state index contributed by atoms with van der Waals surface area (Å²) in [5.41, 5.74) is 0.765. The molecule has 24 heavy (non-hydrogen) atoms. The van der Waals surface area contributed by atoms with Gasteiger partial charge in [0.1, 0.15) is 5.75 Å². The van der Waals surface area contributed by atoms with E-state index < -0.39 is 0 Å². The lowest BCUT2D eigenvalue weighted by atomic mass is 10.0. The second-order valence-electron chi connectivity index (χ2n) is 5.89. The van der Waals surface area contributed by atoms with E-state index in [4.69, 9.17) is 16.3 Å². The molecule has 1 saturated heterocycles. The predicted octanol–water partition coefficient (Wildman–Crippen LogP) is 3.86. The average Bonchev–Trinajstić information content (AvgIpc) is 3.10. The van der Waals surface area contributed by atoms with Crippen molar-refractivity contribution in [2.24, 2.45) is 5.92 Å². The van der Waals surface area contributed by atoms with Crippen LogP contribution in [0.3, 0.4) is 0 Å². The smallest absolute Gasteiger partial charge is 0.224 e. The molecule has 1 aliphatic heterocycles. The fourth-order valence-corrected chi connectivity index (χ4v) is 2.78. The van der Waals surface area contributed by atoms with Gasteiger partial charge in [-0.15, -0.1) is 0 Å². The molecule has 3 rings (SSSR count). The molecule has 0 radical (unpaired) electrons. The van der Waals surface area contributed by atoms with Crippen molar-refractivity contribution in [3.8, 4) is 11.6 Å². The first-order valence-electron chi connectivity index (χ1n) is 8.09. The molecule has 2 N–H and O–H groups in total. The van der Waals surface area contributed by atoms with E-state index >= 15 is 0 Å². The van der Waals surface area contributed by atoms with Crippen LogP contribution in [0.15, 0.2) is 42.6 Å². The van der Waals surface area contributed by atoms with Gasteiger partial charge in [-0.25, -0.2) is 4.98 Å². The summed E-state index contributed by atoms with van der Waals surface area (Å²) in [7, 11) is 0. The normalized spacial score (nSPS) is 16.8. The molecule has 1 fully saturated rings. The number of nitrogens with one attached hydrogen (secondary N) is 2. The number of pyridine rings is 1. The second kappa shape index (κ2) is 8.13. The summed E-state index contributed by atoms with van der Waals surface area (Å²) in [6.07, 6.45) is 4.19. The first-order valence-corrected chi connectivity index (χ1v) is 8.47. The molecule has 1 aliphatic rings. The number of carbonyl (C=O) groups is 1. The molecular formula is C18H20ClN3O2. The molecule has 0 bridgehead atoms. The summed E-state index contributed by atoms with van der Waals surface area (Å²) in [5, 5.41) is 6.80. The van der Waals surface area contributed by atoms with Crippen LogP contribution in [0.1, 0.15) is 19.3 Å². The molecule has 0 spiro atoms. The molecule has 0 aliphatic carbocycles. The highest BCUT2D eigenvalue weighted by molar-refractivity contribution is 6.30. The van der Waals surface area contributed by atoms with Crippen molar-refractivity contribution in [3.05, 3.63) is 47.6 Å². The minimum Gasteiger partial charge on any atom is -0.439 e. The molecule has 1 unspecified atom stereocenters. The maximum Gasteiger partial charge on any atom is 0.224 e. The number of hydrogen-bond acceptors (Lipinski definition) is 4. The largest absolute Gasteiger partial charge is 0.439 e. The van der Waals surface area contributed by atoms with Crippen molar-refractivity contribution in [1.82, 2.24) is 10.3 Å². The van der Waals surface area contributed by atoms with Gasteiger partial charge in [0.05, 0.1) is 5.02 Å². The highest BCUT2D eigenvalue weighted by Crippen LogP contribution is 2.22. The van der Waals surface area contributed by atoms with Gasteiger partial charge >= 0.3 is 0 Å². The highest BCUT2D eigenvalue weighted by atomic mass is 35.5. The fourth-order valence-electron chi connectivity index (χ4n) is 2.67. The Hall–Kier alpha value is -2.11. The number of rotatable bonds is 6. The van der Waals surface area contributed by atoms with Crippen LogP contribution in [0.2, 0.25) is 5.02 Å². The van der Waals surface area contributed by atoms with E-state index in [2.05, 4.69) is 15.6 Å². The van der Waals surface area contributed by atoms with E-state index in [0.717, 1.165) is 31.6 Å². The Morgan fingerprint density at radius 3 is 2.79 bits per heavy atom. The van der Waals surface area contributed by atoms with E-state index in [9.17, 15) is 4.79 Å². The molecule has 0 saturated carbocycles. The van der Waals surface area contributed by atoms with Gasteiger partial charge in [-0.1, -0.05) is 11.6 Å². The van der Waals surface area contributed by atoms with Gasteiger partial charge < -0.3 is 15.4 Å². The van der Waals surface area contributed by atoms with Crippen molar-refractivity contribution in [1.29, 1.82) is 0 Å². The summed E-state index contributed by atoms with van der Waals surface area (Å²) in [4.78, 5) is 16.1. The van der Waals surface area contributed by atoms with Crippen LogP contribution >= 0.6 is 11.6 Å². The van der Waals surface area contributed by atoms with Crippen LogP contribution in [-0.2, 0) is 4.79 Å². The van der Waals surface area contributed by atoms with Crippen molar-refractivity contribution in [3.63, 3.8) is 0 Å². The van der Waals surface area contributed by atoms with E-state index in [1.54, 1.807) is 24.3 Å². The minimum absolute atomic E-state index is 0.0509. The van der Waals surface area contributed by atoms with Gasteiger partial charge in [0, 0.05) is 24.4 Å². The van der Waals surface area contributed by atoms with Crippen LogP contribution in [0.4, 0.5) is 5.69 Å². The maximum absolute atomic E-state index is 12.0. The second-order valence-corrected chi connectivity index (χ2v) is 6.32. The zero-order valence-corrected chi connectivity index (χ0v) is 14.1. The van der Waals surface area contributed by atoms with Gasteiger partial charge in [0.25, 0.3) is 0 Å². The van der Waals surface area contributed by atoms with Gasteiger partial charge in [-0.05, 0) is 62.2 Å². The standard InChI is InChI=1S/C18H20ClN3O2/c19-14-2-8-18(21-12-14)24-16-5-3-15(4-6-16)22-17(23)7-1-13-9-10-20-11-13/h2-6,8,12-13,20H,1,7,9-11H2,(H,22,23). The molecule has 5 nitrogen and oxygen atoms in total. The minimum atomic E-state index is 0.0509. The number of anilines is 1. The van der Waals surface area contributed by atoms with E-state index in [1.807, 2.05) is 12.1 Å². The Morgan fingerprint density at radius 2 is 2.12 bits per heavy atom. The molecule has 1 aromatic heterocycles. The summed E-state index contributed by atoms with van der Waals surface area (Å²) < 4.78 is 5.62. The predicted molar refractivity (Wildman–Crippen MR) is 94.6 cm³/mol. The Labute approximate surface area is 146 Å². The number of aromatic nitrogens is 1. The van der Waals surface area contributed by atoms with Gasteiger partial charge in [0.15, 0.2) is 0 Å². The van der Waals surface area contributed by atoms with E-state index in [1.165, 1.54) is 6.20 Å². The molecule has 126 valence electrons. The number of ether oxygens (including phenoxy) is 1. The number of halogens is 1. The maximum atomic E-state index is 12.0. The molecule has 2 heterocycles. The van der Waals surface area contributed by atoms with Gasteiger partial charge in [-0.3, -0.25) is 4.79 Å². The van der Waals surface area contributed by atoms with Gasteiger partial charge in [0.2, 0.25) is 11.8 Å². The third-order valence-corrected chi connectivity index (χ3v) is 4.23. The molecular weight excluding hydrogens is 326 g/mol. The summed E-state index contributed by atoms with van der Waals surface area (Å²) in [6.45, 7) is 2.09. The quantitative estimate of drug-likeness (QED) is 0.834. The molecule has 1 atom stereocenters. The summed E-state index contributed by atoms with van der Waals surface area (Å²) in [5.74, 6) is 1.80. The van der Waals surface area contributed by atoms with Crippen LogP contribution in [-0.4, -0.2) is 24.0 Å². The van der Waals surface area contributed by atoms with Crippen molar-refractivity contribution >= 4 is 23.2 Å². The molecule has 1 amide bonds. The Balaban J connectivity index is 1.48. The number of nitrogens with zero attached hydrogens (tertiary/aromatic N) is 1. The third kappa shape index (κ3) is 4.94. The number of carbonyl (C=O) groups excluding carboxylic acids is 1. The summed E-state index contributed by atoms with van der Waals surface area (Å²) >= 11 is 5.79. The first kappa shape index (κ1) is 16.7. The summed E-state index contributed by atoms with van der Waals surface area (Å²) in [6, 6.07) is 10.7. The van der Waals surface area contributed by atoms with Crippen LogP contribution in [0.25, 0.3) is 0 Å². The van der Waals surface area contributed by atoms with Crippen LogP contribution in [0, 0.1) is 5.92 Å². The van der Waals surface area contributed by atoms with E-state index in [0.29, 0.717) is 29.0 Å². The number of amides is 1. The SMILES string of the molecule is O=C(CCC1CCNC1)Nc1ccc(Oc2ccc(Cl)cn2)cc1. The molecule has 2 aromatic rings. The lowest BCUT2D eigenvalue weighted by Gasteiger charge is -2.09. The molecule has 1 aromatic carbocycles. The Kier molecular flexibility index (Phi) is 5.67. The third-order valence-electron chi connectivity index (χ3n) is 4.00. The lowest BCUT2D eigenvalue weighted by Crippen LogP contribution is -2.14. The van der Waals surface area contributed by atoms with Gasteiger partial charge in [-0.2, -0.15) is 0 Å². The van der Waals surface area contributed by atoms with Crippen molar-refractivity contribution in [2.75, 3.05) is 18.4 Å². The van der Waals surface area contributed by atoms with Crippen molar-refractivity contribution in [2.45, 2.75) is 19.3 Å². The Bertz CT molecular complexity index is 668. The first-order chi connectivity index (χ1) is 11.7. The number of hydrogen-bond donors (Lipinski definition) is 2. The Morgan fingerprint density at radius 1 is 1.29 bits per heavy atom.